The lowest BCUT2D eigenvalue weighted by Crippen LogP contribution is -2.37. The van der Waals surface area contributed by atoms with Crippen molar-refractivity contribution in [3.63, 3.8) is 0 Å². The molecule has 180 valence electrons. The van der Waals surface area contributed by atoms with Crippen LogP contribution in [0.15, 0.2) is 47.6 Å². The van der Waals surface area contributed by atoms with Crippen LogP contribution >= 0.6 is 11.8 Å². The zero-order valence-corrected chi connectivity index (χ0v) is 18.9. The van der Waals surface area contributed by atoms with Crippen molar-refractivity contribution in [2.24, 2.45) is 7.05 Å². The Hall–Kier alpha value is -3.12. The van der Waals surface area contributed by atoms with Gasteiger partial charge in [0.05, 0.1) is 35.9 Å². The number of carbonyl (C=O) groups is 1. The van der Waals surface area contributed by atoms with Crippen LogP contribution in [0.1, 0.15) is 5.56 Å². The highest BCUT2D eigenvalue weighted by atomic mass is 32.2. The summed E-state index contributed by atoms with van der Waals surface area (Å²) in [6, 6.07) is 9.09. The summed E-state index contributed by atoms with van der Waals surface area (Å²) < 4.78 is 59.9. The number of anilines is 2. The van der Waals surface area contributed by atoms with Crippen LogP contribution in [0.25, 0.3) is 11.4 Å². The molecule has 7 nitrogen and oxygen atoms in total. The zero-order chi connectivity index (χ0) is 24.3. The van der Waals surface area contributed by atoms with Gasteiger partial charge in [-0.25, -0.2) is 4.39 Å². The quantitative estimate of drug-likeness (QED) is 0.408. The van der Waals surface area contributed by atoms with Crippen molar-refractivity contribution in [2.45, 2.75) is 11.3 Å². The number of carbonyl (C=O) groups excluding carboxylic acids is 1. The van der Waals surface area contributed by atoms with Crippen LogP contribution in [0.4, 0.5) is 28.9 Å². The molecule has 1 amide bonds. The van der Waals surface area contributed by atoms with Crippen molar-refractivity contribution in [3.8, 4) is 11.4 Å². The molecule has 4 rings (SSSR count). The van der Waals surface area contributed by atoms with E-state index in [-0.39, 0.29) is 17.3 Å². The molecule has 1 N–H and O–H groups in total. The van der Waals surface area contributed by atoms with Crippen molar-refractivity contribution in [1.82, 2.24) is 14.8 Å². The molecular formula is C22H21F4N5O2S. The molecule has 0 bridgehead atoms. The summed E-state index contributed by atoms with van der Waals surface area (Å²) in [7, 11) is 1.71. The molecule has 2 heterocycles. The zero-order valence-electron chi connectivity index (χ0n) is 18.1. The maximum atomic E-state index is 13.3. The third-order valence-corrected chi connectivity index (χ3v) is 6.24. The lowest BCUT2D eigenvalue weighted by Gasteiger charge is -2.31. The second kappa shape index (κ2) is 10.0. The van der Waals surface area contributed by atoms with Gasteiger partial charge in [0.25, 0.3) is 0 Å². The molecule has 0 unspecified atom stereocenters. The molecule has 3 aromatic rings. The van der Waals surface area contributed by atoms with Crippen LogP contribution in [0.2, 0.25) is 0 Å². The predicted octanol–water partition coefficient (Wildman–Crippen LogP) is 4.21. The smallest absolute Gasteiger partial charge is 0.378 e. The summed E-state index contributed by atoms with van der Waals surface area (Å²) in [5.41, 5.74) is 0.413. The Kier molecular flexibility index (Phi) is 7.08. The minimum Gasteiger partial charge on any atom is -0.378 e. The number of amides is 1. The molecule has 1 fully saturated rings. The van der Waals surface area contributed by atoms with Gasteiger partial charge in [-0.15, -0.1) is 10.2 Å². The van der Waals surface area contributed by atoms with Gasteiger partial charge in [0.1, 0.15) is 5.82 Å². The molecule has 0 aliphatic carbocycles. The largest absolute Gasteiger partial charge is 0.416 e. The summed E-state index contributed by atoms with van der Waals surface area (Å²) >= 11 is 1.09. The van der Waals surface area contributed by atoms with E-state index >= 15 is 0 Å². The third kappa shape index (κ3) is 5.50. The number of rotatable bonds is 6. The van der Waals surface area contributed by atoms with Gasteiger partial charge in [-0.3, -0.25) is 4.79 Å². The monoisotopic (exact) mass is 495 g/mol. The summed E-state index contributed by atoms with van der Waals surface area (Å²) in [6.07, 6.45) is -4.53. The lowest BCUT2D eigenvalue weighted by atomic mass is 10.1. The predicted molar refractivity (Wildman–Crippen MR) is 120 cm³/mol. The Labute approximate surface area is 197 Å². The lowest BCUT2D eigenvalue weighted by molar-refractivity contribution is -0.137. The number of thioether (sulfide) groups is 1. The minimum atomic E-state index is -4.53. The fourth-order valence-corrected chi connectivity index (χ4v) is 4.21. The molecule has 2 aromatic carbocycles. The first-order valence-corrected chi connectivity index (χ1v) is 11.3. The molecule has 0 spiro atoms. The average Bonchev–Trinajstić information content (AvgIpc) is 3.18. The molecule has 0 atom stereocenters. The van der Waals surface area contributed by atoms with Gasteiger partial charge in [0.15, 0.2) is 11.0 Å². The van der Waals surface area contributed by atoms with Crippen LogP contribution in [0.3, 0.4) is 0 Å². The summed E-state index contributed by atoms with van der Waals surface area (Å²) in [5.74, 6) is -0.447. The molecule has 1 aromatic heterocycles. The topological polar surface area (TPSA) is 72.3 Å². The fourth-order valence-electron chi connectivity index (χ4n) is 3.50. The number of benzene rings is 2. The van der Waals surface area contributed by atoms with Gasteiger partial charge in [-0.1, -0.05) is 11.8 Å². The van der Waals surface area contributed by atoms with Crippen molar-refractivity contribution in [1.29, 1.82) is 0 Å². The molecular weight excluding hydrogens is 474 g/mol. The van der Waals surface area contributed by atoms with E-state index in [1.54, 1.807) is 23.7 Å². The van der Waals surface area contributed by atoms with E-state index in [0.29, 0.717) is 48.5 Å². The standard InChI is InChI=1S/C22H21F4N5O2S/c1-30-20(14-2-5-16(23)6-3-14)28-29-21(30)34-13-19(32)27-17-12-15(22(24,25)26)4-7-18(17)31-8-10-33-11-9-31/h2-7,12H,8-11,13H2,1H3,(H,27,32). The molecule has 34 heavy (non-hydrogen) atoms. The van der Waals surface area contributed by atoms with Gasteiger partial charge < -0.3 is 19.5 Å². The van der Waals surface area contributed by atoms with Gasteiger partial charge >= 0.3 is 6.18 Å². The van der Waals surface area contributed by atoms with Crippen LogP contribution in [-0.4, -0.2) is 52.7 Å². The number of hydrogen-bond donors (Lipinski definition) is 1. The van der Waals surface area contributed by atoms with Crippen molar-refractivity contribution < 1.29 is 27.1 Å². The van der Waals surface area contributed by atoms with E-state index in [2.05, 4.69) is 15.5 Å². The number of hydrogen-bond acceptors (Lipinski definition) is 6. The SMILES string of the molecule is Cn1c(SCC(=O)Nc2cc(C(F)(F)F)ccc2N2CCOCC2)nnc1-c1ccc(F)cc1. The second-order valence-corrected chi connectivity index (χ2v) is 8.48. The molecule has 0 saturated carbocycles. The van der Waals surface area contributed by atoms with Crippen molar-refractivity contribution in [3.05, 3.63) is 53.8 Å². The highest BCUT2D eigenvalue weighted by Gasteiger charge is 2.32. The normalized spacial score (nSPS) is 14.3. The van der Waals surface area contributed by atoms with E-state index in [4.69, 9.17) is 4.74 Å². The van der Waals surface area contributed by atoms with Gasteiger partial charge in [0.2, 0.25) is 5.91 Å². The summed E-state index contributed by atoms with van der Waals surface area (Å²) in [6.45, 7) is 1.92. The van der Waals surface area contributed by atoms with Crippen LogP contribution in [0, 0.1) is 5.82 Å². The van der Waals surface area contributed by atoms with Crippen LogP contribution in [0.5, 0.6) is 0 Å². The Morgan fingerprint density at radius 1 is 1.12 bits per heavy atom. The van der Waals surface area contributed by atoms with Crippen LogP contribution in [-0.2, 0) is 22.8 Å². The summed E-state index contributed by atoms with van der Waals surface area (Å²) in [5, 5.41) is 11.2. The fraction of sp³-hybridized carbons (Fsp3) is 0.318. The van der Waals surface area contributed by atoms with E-state index in [1.807, 2.05) is 4.90 Å². The maximum absolute atomic E-state index is 13.3. The van der Waals surface area contributed by atoms with Crippen LogP contribution < -0.4 is 10.2 Å². The van der Waals surface area contributed by atoms with Crippen molar-refractivity contribution in [2.75, 3.05) is 42.3 Å². The Bertz CT molecular complexity index is 1160. The third-order valence-electron chi connectivity index (χ3n) is 5.22. The number of halogens is 4. The molecule has 12 heteroatoms. The Balaban J connectivity index is 1.48. The number of nitrogens with one attached hydrogen (secondary N) is 1. The first-order chi connectivity index (χ1) is 16.2. The number of nitrogens with zero attached hydrogens (tertiary/aromatic N) is 4. The number of ether oxygens (including phenoxy) is 1. The number of alkyl halides is 3. The van der Waals surface area contributed by atoms with Gasteiger partial charge in [-0.05, 0) is 42.5 Å². The summed E-state index contributed by atoms with van der Waals surface area (Å²) in [4.78, 5) is 14.5. The molecule has 1 aliphatic rings. The second-order valence-electron chi connectivity index (χ2n) is 7.54. The van der Waals surface area contributed by atoms with Gasteiger partial charge in [-0.2, -0.15) is 13.2 Å². The average molecular weight is 496 g/mol. The molecule has 1 aliphatic heterocycles. The van der Waals surface area contributed by atoms with E-state index in [9.17, 15) is 22.4 Å². The van der Waals surface area contributed by atoms with E-state index in [1.165, 1.54) is 18.2 Å². The first-order valence-electron chi connectivity index (χ1n) is 10.3. The Morgan fingerprint density at radius 2 is 1.82 bits per heavy atom. The maximum Gasteiger partial charge on any atom is 0.416 e. The van der Waals surface area contributed by atoms with E-state index < -0.39 is 17.6 Å². The first kappa shape index (κ1) is 24.0. The van der Waals surface area contributed by atoms with Gasteiger partial charge in [0, 0.05) is 25.7 Å². The molecule has 0 radical (unpaired) electrons. The highest BCUT2D eigenvalue weighted by Crippen LogP contribution is 2.36. The minimum absolute atomic E-state index is 0.0891. The number of aromatic nitrogens is 3. The Morgan fingerprint density at radius 3 is 2.50 bits per heavy atom. The molecule has 1 saturated heterocycles. The number of morpholine rings is 1. The van der Waals surface area contributed by atoms with Crippen molar-refractivity contribution >= 4 is 29.0 Å². The highest BCUT2D eigenvalue weighted by molar-refractivity contribution is 7.99. The van der Waals surface area contributed by atoms with E-state index in [0.717, 1.165) is 23.9 Å².